The Kier molecular flexibility index (Phi) is 6.29. The van der Waals surface area contributed by atoms with E-state index in [1.165, 1.54) is 11.3 Å². The zero-order valence-electron chi connectivity index (χ0n) is 12.8. The molecule has 2 heterocycles. The molecule has 0 aliphatic carbocycles. The monoisotopic (exact) mass is 397 g/mol. The molecule has 0 saturated carbocycles. The van der Waals surface area contributed by atoms with Crippen LogP contribution in [0.5, 0.6) is 0 Å². The molecule has 0 aliphatic rings. The highest BCUT2D eigenvalue weighted by molar-refractivity contribution is 9.08. The van der Waals surface area contributed by atoms with Gasteiger partial charge < -0.3 is 9.47 Å². The number of carbonyl (C=O) groups is 2. The van der Waals surface area contributed by atoms with E-state index < -0.39 is 5.97 Å². The van der Waals surface area contributed by atoms with Gasteiger partial charge in [0.05, 0.1) is 18.9 Å². The Bertz CT molecular complexity index is 714. The molecule has 122 valence electrons. The molecule has 0 fully saturated rings. The van der Waals surface area contributed by atoms with Crippen LogP contribution in [0.25, 0.3) is 10.4 Å². The number of ether oxygens (including phenoxy) is 2. The molecule has 0 radical (unpaired) electrons. The normalized spacial score (nSPS) is 10.4. The number of nitrogens with zero attached hydrogens (tertiary/aromatic N) is 1. The van der Waals surface area contributed by atoms with Crippen LogP contribution in [0.4, 0.5) is 0 Å². The molecule has 5 nitrogen and oxygen atoms in total. The lowest BCUT2D eigenvalue weighted by molar-refractivity contribution is 0.0514. The summed E-state index contributed by atoms with van der Waals surface area (Å²) < 4.78 is 10.00. The van der Waals surface area contributed by atoms with E-state index in [0.717, 1.165) is 16.1 Å². The van der Waals surface area contributed by atoms with Crippen molar-refractivity contribution in [3.05, 3.63) is 40.5 Å². The number of halogens is 1. The van der Waals surface area contributed by atoms with E-state index in [1.54, 1.807) is 26.0 Å². The lowest BCUT2D eigenvalue weighted by Gasteiger charge is -2.06. The predicted octanol–water partition coefficient (Wildman–Crippen LogP) is 4.06. The first-order valence-corrected chi connectivity index (χ1v) is 9.04. The van der Waals surface area contributed by atoms with Crippen molar-refractivity contribution in [3.63, 3.8) is 0 Å². The molecule has 0 saturated heterocycles. The number of thiophene rings is 1. The number of hydrogen-bond donors (Lipinski definition) is 0. The molecule has 7 heteroatoms. The Balaban J connectivity index is 2.37. The molecule has 2 aromatic rings. The minimum absolute atomic E-state index is 0.255. The van der Waals surface area contributed by atoms with Gasteiger partial charge in [0.1, 0.15) is 10.6 Å². The molecule has 0 spiro atoms. The second-order valence-corrected chi connectivity index (χ2v) is 6.12. The summed E-state index contributed by atoms with van der Waals surface area (Å²) in [5.74, 6) is -0.803. The number of hydrogen-bond acceptors (Lipinski definition) is 6. The Morgan fingerprint density at radius 2 is 1.83 bits per heavy atom. The Labute approximate surface area is 146 Å². The van der Waals surface area contributed by atoms with Gasteiger partial charge in [-0.1, -0.05) is 15.9 Å². The zero-order chi connectivity index (χ0) is 16.8. The van der Waals surface area contributed by atoms with Crippen molar-refractivity contribution in [2.24, 2.45) is 0 Å². The second-order valence-electron chi connectivity index (χ2n) is 4.47. The molecule has 0 unspecified atom stereocenters. The Morgan fingerprint density at radius 3 is 2.48 bits per heavy atom. The minimum atomic E-state index is -0.460. The molecule has 0 aliphatic heterocycles. The van der Waals surface area contributed by atoms with Gasteiger partial charge in [-0.05, 0) is 43.7 Å². The topological polar surface area (TPSA) is 65.5 Å². The first kappa shape index (κ1) is 17.6. The zero-order valence-corrected chi connectivity index (χ0v) is 15.2. The van der Waals surface area contributed by atoms with Gasteiger partial charge in [0.15, 0.2) is 0 Å². The smallest absolute Gasteiger partial charge is 0.356 e. The van der Waals surface area contributed by atoms with E-state index >= 15 is 0 Å². The van der Waals surface area contributed by atoms with Crippen LogP contribution in [0, 0.1) is 0 Å². The largest absolute Gasteiger partial charge is 0.462 e. The first-order chi connectivity index (χ1) is 11.1. The molecule has 2 rings (SSSR count). The van der Waals surface area contributed by atoms with Crippen molar-refractivity contribution >= 4 is 39.2 Å². The number of aromatic nitrogens is 1. The third-order valence-electron chi connectivity index (χ3n) is 2.87. The van der Waals surface area contributed by atoms with Crippen molar-refractivity contribution in [1.29, 1.82) is 0 Å². The van der Waals surface area contributed by atoms with E-state index in [4.69, 9.17) is 9.47 Å². The first-order valence-electron chi connectivity index (χ1n) is 7.10. The van der Waals surface area contributed by atoms with Crippen LogP contribution in [0.15, 0.2) is 24.3 Å². The highest BCUT2D eigenvalue weighted by Crippen LogP contribution is 2.30. The number of esters is 2. The summed E-state index contributed by atoms with van der Waals surface area (Å²) in [6.45, 7) is 4.14. The maximum atomic E-state index is 11.9. The van der Waals surface area contributed by atoms with Crippen molar-refractivity contribution in [2.75, 3.05) is 13.2 Å². The van der Waals surface area contributed by atoms with Gasteiger partial charge in [0.25, 0.3) is 0 Å². The van der Waals surface area contributed by atoms with E-state index in [0.29, 0.717) is 23.4 Å². The predicted molar refractivity (Wildman–Crippen MR) is 92.1 cm³/mol. The van der Waals surface area contributed by atoms with E-state index in [-0.39, 0.29) is 11.7 Å². The molecule has 0 atom stereocenters. The fourth-order valence-electron chi connectivity index (χ4n) is 1.91. The van der Waals surface area contributed by atoms with Gasteiger partial charge in [-0.15, -0.1) is 11.3 Å². The van der Waals surface area contributed by atoms with Crippen LogP contribution >= 0.6 is 27.3 Å². The van der Waals surface area contributed by atoms with Crippen molar-refractivity contribution in [1.82, 2.24) is 4.98 Å². The van der Waals surface area contributed by atoms with E-state index in [9.17, 15) is 9.59 Å². The molecule has 23 heavy (non-hydrogen) atoms. The molecule has 0 aromatic carbocycles. The number of alkyl halides is 1. The minimum Gasteiger partial charge on any atom is -0.462 e. The molecule has 0 amide bonds. The maximum absolute atomic E-state index is 11.9. The number of carbonyl (C=O) groups excluding carboxylic acids is 2. The molecular formula is C16H16BrNO4S. The molecule has 2 aromatic heterocycles. The van der Waals surface area contributed by atoms with Crippen LogP contribution in [-0.4, -0.2) is 30.1 Å². The lowest BCUT2D eigenvalue weighted by atomic mass is 10.1. The summed E-state index contributed by atoms with van der Waals surface area (Å²) in [4.78, 5) is 29.3. The maximum Gasteiger partial charge on any atom is 0.356 e. The quantitative estimate of drug-likeness (QED) is 0.543. The average Bonchev–Trinajstić information content (AvgIpc) is 3.05. The summed E-state index contributed by atoms with van der Waals surface area (Å²) in [5, 5.41) is 0.517. The van der Waals surface area contributed by atoms with Crippen LogP contribution in [0.2, 0.25) is 0 Å². The van der Waals surface area contributed by atoms with Crippen LogP contribution in [0.3, 0.4) is 0 Å². The third kappa shape index (κ3) is 4.39. The highest BCUT2D eigenvalue weighted by atomic mass is 79.9. The molecular weight excluding hydrogens is 382 g/mol. The number of rotatable bonds is 6. The lowest BCUT2D eigenvalue weighted by Crippen LogP contribution is -2.08. The van der Waals surface area contributed by atoms with E-state index in [1.807, 2.05) is 12.1 Å². The second kappa shape index (κ2) is 8.21. The summed E-state index contributed by atoms with van der Waals surface area (Å²) in [6, 6.07) is 7.10. The van der Waals surface area contributed by atoms with Crippen LogP contribution in [0.1, 0.15) is 39.7 Å². The van der Waals surface area contributed by atoms with Crippen molar-refractivity contribution in [2.45, 2.75) is 19.2 Å². The summed E-state index contributed by atoms with van der Waals surface area (Å²) in [7, 11) is 0. The average molecular weight is 398 g/mol. The summed E-state index contributed by atoms with van der Waals surface area (Å²) in [6.07, 6.45) is 0. The van der Waals surface area contributed by atoms with Crippen molar-refractivity contribution in [3.8, 4) is 10.4 Å². The summed E-state index contributed by atoms with van der Waals surface area (Å²) in [5.41, 5.74) is 1.79. The van der Waals surface area contributed by atoms with E-state index in [2.05, 4.69) is 20.9 Å². The number of pyridine rings is 1. The fraction of sp³-hybridized carbons (Fsp3) is 0.312. The Morgan fingerprint density at radius 1 is 1.13 bits per heavy atom. The van der Waals surface area contributed by atoms with Crippen LogP contribution < -0.4 is 0 Å². The van der Waals surface area contributed by atoms with Gasteiger partial charge >= 0.3 is 11.9 Å². The third-order valence-corrected chi connectivity index (χ3v) is 4.56. The fourth-order valence-corrected chi connectivity index (χ4v) is 3.09. The molecule has 0 N–H and O–H groups in total. The highest BCUT2D eigenvalue weighted by Gasteiger charge is 2.15. The summed E-state index contributed by atoms with van der Waals surface area (Å²) >= 11 is 4.67. The standard InChI is InChI=1S/C16H16BrNO4S/c1-3-21-15(19)12-8-10(7-11(9-17)18-12)13-5-6-14(23-13)16(20)22-4-2/h5-8H,3-4,9H2,1-2H3. The Hall–Kier alpha value is -1.73. The van der Waals surface area contributed by atoms with Gasteiger partial charge in [0.2, 0.25) is 0 Å². The van der Waals surface area contributed by atoms with Gasteiger partial charge in [-0.25, -0.2) is 14.6 Å². The van der Waals surface area contributed by atoms with Crippen molar-refractivity contribution < 1.29 is 19.1 Å². The van der Waals surface area contributed by atoms with Gasteiger partial charge in [-0.2, -0.15) is 0 Å². The van der Waals surface area contributed by atoms with Crippen LogP contribution in [-0.2, 0) is 14.8 Å². The van der Waals surface area contributed by atoms with Gasteiger partial charge in [0, 0.05) is 10.2 Å². The SMILES string of the molecule is CCOC(=O)c1cc(-c2ccc(C(=O)OCC)s2)cc(CBr)n1. The molecule has 0 bridgehead atoms. The van der Waals surface area contributed by atoms with Gasteiger partial charge in [-0.3, -0.25) is 0 Å².